The quantitative estimate of drug-likeness (QED) is 0.587. The average molecular weight is 353 g/mol. The van der Waals surface area contributed by atoms with Gasteiger partial charge in [0.05, 0.1) is 6.54 Å². The van der Waals surface area contributed by atoms with Gasteiger partial charge in [0.2, 0.25) is 11.7 Å². The number of hydrogen-bond donors (Lipinski definition) is 0. The molecule has 0 N–H and O–H groups in total. The monoisotopic (exact) mass is 353 g/mol. The molecule has 0 bridgehead atoms. The normalized spacial score (nSPS) is 10.9. The van der Waals surface area contributed by atoms with Crippen LogP contribution < -0.4 is 9.47 Å². The van der Waals surface area contributed by atoms with Crippen molar-refractivity contribution in [1.82, 2.24) is 15.0 Å². The summed E-state index contributed by atoms with van der Waals surface area (Å²) >= 11 is 0. The summed E-state index contributed by atoms with van der Waals surface area (Å²) in [5.74, 6) is 2.76. The van der Waals surface area contributed by atoms with Gasteiger partial charge in [0.25, 0.3) is 0 Å². The van der Waals surface area contributed by atoms with E-state index in [1.165, 1.54) is 5.56 Å². The highest BCUT2D eigenvalue weighted by molar-refractivity contribution is 5.26. The lowest BCUT2D eigenvalue weighted by Crippen LogP contribution is -2.24. The van der Waals surface area contributed by atoms with Crippen LogP contribution in [0.25, 0.3) is 0 Å². The summed E-state index contributed by atoms with van der Waals surface area (Å²) < 4.78 is 16.6. The third kappa shape index (κ3) is 5.60. The molecule has 0 aliphatic rings. The first-order valence-electron chi connectivity index (χ1n) is 8.56. The van der Waals surface area contributed by atoms with E-state index in [9.17, 15) is 0 Å². The summed E-state index contributed by atoms with van der Waals surface area (Å²) in [6, 6.07) is 17.6. The number of para-hydroxylation sites is 1. The maximum atomic E-state index is 5.73. The van der Waals surface area contributed by atoms with E-state index in [1.54, 1.807) is 0 Å². The third-order valence-electron chi connectivity index (χ3n) is 3.79. The second kappa shape index (κ2) is 9.01. The minimum atomic E-state index is 0.285. The lowest BCUT2D eigenvalue weighted by molar-refractivity contribution is 0.212. The summed E-state index contributed by atoms with van der Waals surface area (Å²) in [7, 11) is 1.99. The van der Waals surface area contributed by atoms with Crippen LogP contribution in [0.15, 0.2) is 59.1 Å². The Kier molecular flexibility index (Phi) is 6.22. The maximum absolute atomic E-state index is 5.73. The molecule has 0 unspecified atom stereocenters. The summed E-state index contributed by atoms with van der Waals surface area (Å²) in [6.07, 6.45) is 0. The highest BCUT2D eigenvalue weighted by Gasteiger charge is 2.10. The van der Waals surface area contributed by atoms with Crippen LogP contribution in [0.3, 0.4) is 0 Å². The average Bonchev–Trinajstić information content (AvgIpc) is 3.10. The van der Waals surface area contributed by atoms with E-state index in [1.807, 2.05) is 61.6 Å². The van der Waals surface area contributed by atoms with E-state index in [4.69, 9.17) is 14.0 Å². The van der Waals surface area contributed by atoms with Gasteiger partial charge in [0.15, 0.2) is 6.61 Å². The SMILES string of the molecule is Cc1ccc(OCCN(C)Cc2nc(COc3ccccc3)no2)cc1. The Balaban J connectivity index is 1.39. The lowest BCUT2D eigenvalue weighted by Gasteiger charge is -2.14. The topological polar surface area (TPSA) is 60.6 Å². The molecule has 0 spiro atoms. The Morgan fingerprint density at radius 3 is 2.46 bits per heavy atom. The molecule has 136 valence electrons. The van der Waals surface area contributed by atoms with Gasteiger partial charge in [-0.3, -0.25) is 4.90 Å². The number of hydrogen-bond acceptors (Lipinski definition) is 6. The molecule has 0 fully saturated rings. The molecule has 2 aromatic carbocycles. The third-order valence-corrected chi connectivity index (χ3v) is 3.79. The number of rotatable bonds is 9. The van der Waals surface area contributed by atoms with E-state index < -0.39 is 0 Å². The van der Waals surface area contributed by atoms with Gasteiger partial charge in [-0.25, -0.2) is 0 Å². The zero-order valence-corrected chi connectivity index (χ0v) is 15.1. The van der Waals surface area contributed by atoms with Crippen LogP contribution in [-0.4, -0.2) is 35.2 Å². The Morgan fingerprint density at radius 2 is 1.69 bits per heavy atom. The molecule has 1 heterocycles. The second-order valence-corrected chi connectivity index (χ2v) is 6.11. The molecule has 0 saturated heterocycles. The number of ether oxygens (including phenoxy) is 2. The van der Waals surface area contributed by atoms with Crippen molar-refractivity contribution in [2.75, 3.05) is 20.2 Å². The fraction of sp³-hybridized carbons (Fsp3) is 0.300. The van der Waals surface area contributed by atoms with Gasteiger partial charge in [-0.15, -0.1) is 0 Å². The van der Waals surface area contributed by atoms with Gasteiger partial charge >= 0.3 is 0 Å². The molecule has 1 aromatic heterocycles. The maximum Gasteiger partial charge on any atom is 0.240 e. The van der Waals surface area contributed by atoms with E-state index in [0.717, 1.165) is 18.0 Å². The van der Waals surface area contributed by atoms with Gasteiger partial charge in [-0.05, 0) is 38.2 Å². The molecule has 3 aromatic rings. The standard InChI is InChI=1S/C20H23N3O3/c1-16-8-10-18(11-9-16)24-13-12-23(2)14-20-21-19(22-26-20)15-25-17-6-4-3-5-7-17/h3-11H,12-15H2,1-2H3. The van der Waals surface area contributed by atoms with Crippen molar-refractivity contribution in [1.29, 1.82) is 0 Å². The molecule has 3 rings (SSSR count). The fourth-order valence-electron chi connectivity index (χ4n) is 2.34. The van der Waals surface area contributed by atoms with Gasteiger partial charge in [0, 0.05) is 6.54 Å². The number of aromatic nitrogens is 2. The van der Waals surface area contributed by atoms with Gasteiger partial charge in [0.1, 0.15) is 18.1 Å². The second-order valence-electron chi connectivity index (χ2n) is 6.11. The molecule has 6 heteroatoms. The van der Waals surface area contributed by atoms with Crippen LogP contribution in [-0.2, 0) is 13.2 Å². The van der Waals surface area contributed by atoms with Gasteiger partial charge < -0.3 is 14.0 Å². The summed E-state index contributed by atoms with van der Waals surface area (Å²) in [4.78, 5) is 6.43. The molecule has 26 heavy (non-hydrogen) atoms. The number of benzene rings is 2. The van der Waals surface area contributed by atoms with E-state index >= 15 is 0 Å². The predicted molar refractivity (Wildman–Crippen MR) is 98.1 cm³/mol. The van der Waals surface area contributed by atoms with Crippen molar-refractivity contribution in [2.45, 2.75) is 20.1 Å². The Hall–Kier alpha value is -2.86. The first-order valence-corrected chi connectivity index (χ1v) is 8.56. The smallest absolute Gasteiger partial charge is 0.240 e. The van der Waals surface area contributed by atoms with Crippen molar-refractivity contribution < 1.29 is 14.0 Å². The molecule has 0 radical (unpaired) electrons. The van der Waals surface area contributed by atoms with Crippen LogP contribution in [0.2, 0.25) is 0 Å². The van der Waals surface area contributed by atoms with Crippen molar-refractivity contribution >= 4 is 0 Å². The highest BCUT2D eigenvalue weighted by Crippen LogP contribution is 2.12. The minimum Gasteiger partial charge on any atom is -0.492 e. The molecule has 0 aliphatic carbocycles. The highest BCUT2D eigenvalue weighted by atomic mass is 16.5. The van der Waals surface area contributed by atoms with Crippen molar-refractivity contribution in [3.8, 4) is 11.5 Å². The van der Waals surface area contributed by atoms with Crippen LogP contribution in [0, 0.1) is 6.92 Å². The van der Waals surface area contributed by atoms with E-state index in [2.05, 4.69) is 22.0 Å². The van der Waals surface area contributed by atoms with E-state index in [-0.39, 0.29) is 6.61 Å². The van der Waals surface area contributed by atoms with Gasteiger partial charge in [-0.2, -0.15) is 4.98 Å². The lowest BCUT2D eigenvalue weighted by atomic mass is 10.2. The van der Waals surface area contributed by atoms with E-state index in [0.29, 0.717) is 24.9 Å². The number of nitrogens with zero attached hydrogens (tertiary/aromatic N) is 3. The molecule has 6 nitrogen and oxygen atoms in total. The van der Waals surface area contributed by atoms with Gasteiger partial charge in [-0.1, -0.05) is 41.1 Å². The Labute approximate surface area is 153 Å². The zero-order chi connectivity index (χ0) is 18.2. The molecule has 0 atom stereocenters. The number of likely N-dealkylation sites (N-methyl/N-ethyl adjacent to an activating group) is 1. The van der Waals surface area contributed by atoms with Crippen LogP contribution in [0.4, 0.5) is 0 Å². The Morgan fingerprint density at radius 1 is 0.962 bits per heavy atom. The fourth-order valence-corrected chi connectivity index (χ4v) is 2.34. The first-order chi connectivity index (χ1) is 12.7. The van der Waals surface area contributed by atoms with Crippen LogP contribution in [0.5, 0.6) is 11.5 Å². The van der Waals surface area contributed by atoms with Crippen LogP contribution in [0.1, 0.15) is 17.3 Å². The minimum absolute atomic E-state index is 0.285. The molecule has 0 aliphatic heterocycles. The Bertz CT molecular complexity index is 788. The molecular formula is C20H23N3O3. The molecular weight excluding hydrogens is 330 g/mol. The van der Waals surface area contributed by atoms with Crippen molar-refractivity contribution in [3.63, 3.8) is 0 Å². The molecule has 0 saturated carbocycles. The first kappa shape index (κ1) is 17.9. The van der Waals surface area contributed by atoms with Crippen molar-refractivity contribution in [2.24, 2.45) is 0 Å². The number of aryl methyl sites for hydroxylation is 1. The summed E-state index contributed by atoms with van der Waals surface area (Å²) in [5.41, 5.74) is 1.22. The van der Waals surface area contributed by atoms with Crippen molar-refractivity contribution in [3.05, 3.63) is 71.9 Å². The summed E-state index contributed by atoms with van der Waals surface area (Å²) in [5, 5.41) is 3.95. The largest absolute Gasteiger partial charge is 0.492 e. The zero-order valence-electron chi connectivity index (χ0n) is 15.1. The summed E-state index contributed by atoms with van der Waals surface area (Å²) in [6.45, 7) is 4.26. The molecule has 0 amide bonds. The van der Waals surface area contributed by atoms with Crippen LogP contribution >= 0.6 is 0 Å². The predicted octanol–water partition coefficient (Wildman–Crippen LogP) is 3.47.